The lowest BCUT2D eigenvalue weighted by molar-refractivity contribution is 0.0932. The molecular formula is C18H18ClN5OS. The molecule has 0 aliphatic carbocycles. The predicted molar refractivity (Wildman–Crippen MR) is 102 cm³/mol. The fourth-order valence-corrected chi connectivity index (χ4v) is 3.26. The molecule has 3 aromatic rings. The maximum Gasteiger partial charge on any atom is 0.272 e. The number of H-pyrrole nitrogens is 1. The molecule has 134 valence electrons. The molecule has 3 rings (SSSR count). The van der Waals surface area contributed by atoms with Crippen LogP contribution in [0.15, 0.2) is 46.3 Å². The second-order valence-electron chi connectivity index (χ2n) is 5.82. The molecule has 2 N–H and O–H groups in total. The molecule has 2 aromatic heterocycles. The van der Waals surface area contributed by atoms with E-state index >= 15 is 0 Å². The number of halogens is 1. The van der Waals surface area contributed by atoms with Gasteiger partial charge in [0, 0.05) is 10.6 Å². The van der Waals surface area contributed by atoms with E-state index in [1.165, 1.54) is 11.8 Å². The van der Waals surface area contributed by atoms with E-state index < -0.39 is 0 Å². The lowest BCUT2D eigenvalue weighted by Crippen LogP contribution is -2.28. The predicted octanol–water partition coefficient (Wildman–Crippen LogP) is 4.11. The highest BCUT2D eigenvalue weighted by Gasteiger charge is 2.16. The van der Waals surface area contributed by atoms with Gasteiger partial charge < -0.3 is 10.3 Å². The number of aryl methyl sites for hydroxylation is 2. The molecular weight excluding hydrogens is 370 g/mol. The number of nitrogens with zero attached hydrogens (tertiary/aromatic N) is 3. The van der Waals surface area contributed by atoms with Gasteiger partial charge in [-0.1, -0.05) is 35.5 Å². The van der Waals surface area contributed by atoms with Crippen LogP contribution in [0.3, 0.4) is 0 Å². The topological polar surface area (TPSA) is 83.6 Å². The van der Waals surface area contributed by atoms with Crippen LogP contribution in [-0.2, 0) is 0 Å². The molecule has 1 atom stereocenters. The summed E-state index contributed by atoms with van der Waals surface area (Å²) in [4.78, 5) is 20.8. The van der Waals surface area contributed by atoms with E-state index in [2.05, 4.69) is 25.5 Å². The third-order valence-corrected chi connectivity index (χ3v) is 5.27. The monoisotopic (exact) mass is 387 g/mol. The van der Waals surface area contributed by atoms with E-state index in [9.17, 15) is 4.79 Å². The Labute approximate surface area is 160 Å². The Kier molecular flexibility index (Phi) is 5.58. The largest absolute Gasteiger partial charge is 0.344 e. The van der Waals surface area contributed by atoms with Gasteiger partial charge in [0.05, 0.1) is 16.8 Å². The Morgan fingerprint density at radius 2 is 1.96 bits per heavy atom. The summed E-state index contributed by atoms with van der Waals surface area (Å²) in [5.74, 6) is 0.415. The van der Waals surface area contributed by atoms with Crippen LogP contribution in [0.1, 0.15) is 40.7 Å². The lowest BCUT2D eigenvalue weighted by atomic mass is 10.3. The summed E-state index contributed by atoms with van der Waals surface area (Å²) >= 11 is 7.54. The summed E-state index contributed by atoms with van der Waals surface area (Å²) in [6.07, 6.45) is 0. The number of imidazole rings is 1. The lowest BCUT2D eigenvalue weighted by Gasteiger charge is -2.11. The summed E-state index contributed by atoms with van der Waals surface area (Å²) in [5, 5.41) is 12.3. The molecule has 0 bridgehead atoms. The van der Waals surface area contributed by atoms with E-state index in [4.69, 9.17) is 11.6 Å². The van der Waals surface area contributed by atoms with Gasteiger partial charge in [0.15, 0.2) is 5.69 Å². The van der Waals surface area contributed by atoms with Crippen LogP contribution in [0.5, 0.6) is 0 Å². The molecule has 0 saturated heterocycles. The highest BCUT2D eigenvalue weighted by Crippen LogP contribution is 2.31. The molecule has 1 amide bonds. The Morgan fingerprint density at radius 1 is 1.19 bits per heavy atom. The van der Waals surface area contributed by atoms with E-state index in [1.807, 2.05) is 45.0 Å². The smallest absolute Gasteiger partial charge is 0.272 e. The maximum absolute atomic E-state index is 12.4. The quantitative estimate of drug-likeness (QED) is 0.688. The molecule has 0 aliphatic heterocycles. The first-order chi connectivity index (χ1) is 12.4. The molecule has 0 spiro atoms. The number of hydrogen-bond acceptors (Lipinski definition) is 5. The molecule has 0 saturated carbocycles. The highest BCUT2D eigenvalue weighted by atomic mass is 35.5. The van der Waals surface area contributed by atoms with Crippen molar-refractivity contribution in [3.05, 3.63) is 64.3 Å². The van der Waals surface area contributed by atoms with Gasteiger partial charge in [0.25, 0.3) is 5.91 Å². The second kappa shape index (κ2) is 7.88. The highest BCUT2D eigenvalue weighted by molar-refractivity contribution is 7.99. The van der Waals surface area contributed by atoms with Gasteiger partial charge >= 0.3 is 0 Å². The van der Waals surface area contributed by atoms with E-state index in [0.29, 0.717) is 15.9 Å². The molecule has 0 aliphatic rings. The van der Waals surface area contributed by atoms with Crippen LogP contribution < -0.4 is 5.32 Å². The van der Waals surface area contributed by atoms with E-state index in [0.717, 1.165) is 16.3 Å². The molecule has 26 heavy (non-hydrogen) atoms. The van der Waals surface area contributed by atoms with Gasteiger partial charge in [-0.3, -0.25) is 4.79 Å². The van der Waals surface area contributed by atoms with Crippen molar-refractivity contribution in [1.29, 1.82) is 0 Å². The van der Waals surface area contributed by atoms with Gasteiger partial charge in [-0.05, 0) is 45.0 Å². The zero-order chi connectivity index (χ0) is 18.7. The third-order valence-electron chi connectivity index (χ3n) is 3.83. The van der Waals surface area contributed by atoms with Gasteiger partial charge in [0.2, 0.25) is 0 Å². The fourth-order valence-electron chi connectivity index (χ4n) is 2.25. The summed E-state index contributed by atoms with van der Waals surface area (Å²) < 4.78 is 0. The first-order valence-corrected chi connectivity index (χ1v) is 9.23. The molecule has 2 heterocycles. The number of nitrogens with one attached hydrogen (secondary N) is 2. The molecule has 1 aromatic carbocycles. The molecule has 0 fully saturated rings. The minimum atomic E-state index is -0.300. The van der Waals surface area contributed by atoms with Gasteiger partial charge in [-0.2, -0.15) is 0 Å². The van der Waals surface area contributed by atoms with Crippen molar-refractivity contribution in [3.8, 4) is 0 Å². The number of aromatic amines is 1. The second-order valence-corrected chi connectivity index (χ2v) is 7.29. The SMILES string of the molecule is Cc1nc(C(C)NC(=O)c2ccc(Sc3ccccc3Cl)nn2)[nH]c1C. The zero-order valence-electron chi connectivity index (χ0n) is 14.6. The number of amides is 1. The third kappa shape index (κ3) is 4.23. The van der Waals surface area contributed by atoms with Gasteiger partial charge in [0.1, 0.15) is 10.9 Å². The summed E-state index contributed by atoms with van der Waals surface area (Å²) in [6, 6.07) is 10.6. The minimum absolute atomic E-state index is 0.250. The molecule has 0 radical (unpaired) electrons. The Bertz CT molecular complexity index is 906. The fraction of sp³-hybridized carbons (Fsp3) is 0.222. The minimum Gasteiger partial charge on any atom is -0.344 e. The van der Waals surface area contributed by atoms with Crippen molar-refractivity contribution in [2.75, 3.05) is 0 Å². The van der Waals surface area contributed by atoms with Crippen molar-refractivity contribution in [2.24, 2.45) is 0 Å². The number of carbonyl (C=O) groups is 1. The first kappa shape index (κ1) is 18.4. The van der Waals surface area contributed by atoms with Crippen LogP contribution in [0, 0.1) is 13.8 Å². The van der Waals surface area contributed by atoms with E-state index in [-0.39, 0.29) is 17.6 Å². The number of carbonyl (C=O) groups excluding carboxylic acids is 1. The standard InChI is InChI=1S/C18H18ClN5OS/c1-10-11(2)21-17(20-10)12(3)22-18(25)14-8-9-16(24-23-14)26-15-7-5-4-6-13(15)19/h4-9,12H,1-3H3,(H,20,21)(H,22,25). The summed E-state index contributed by atoms with van der Waals surface area (Å²) in [7, 11) is 0. The normalized spacial score (nSPS) is 12.0. The van der Waals surface area contributed by atoms with Crippen molar-refractivity contribution in [2.45, 2.75) is 36.7 Å². The van der Waals surface area contributed by atoms with Crippen LogP contribution in [-0.4, -0.2) is 26.1 Å². The Balaban J connectivity index is 1.66. The average molecular weight is 388 g/mol. The number of aromatic nitrogens is 4. The molecule has 1 unspecified atom stereocenters. The van der Waals surface area contributed by atoms with Crippen LogP contribution >= 0.6 is 23.4 Å². The van der Waals surface area contributed by atoms with Crippen molar-refractivity contribution in [3.63, 3.8) is 0 Å². The maximum atomic E-state index is 12.4. The van der Waals surface area contributed by atoms with Crippen LogP contribution in [0.4, 0.5) is 0 Å². The summed E-state index contributed by atoms with van der Waals surface area (Å²) in [6.45, 7) is 5.73. The van der Waals surface area contributed by atoms with E-state index in [1.54, 1.807) is 12.1 Å². The Morgan fingerprint density at radius 3 is 2.58 bits per heavy atom. The van der Waals surface area contributed by atoms with Crippen LogP contribution in [0.25, 0.3) is 0 Å². The molecule has 6 nitrogen and oxygen atoms in total. The molecule has 8 heteroatoms. The van der Waals surface area contributed by atoms with Crippen LogP contribution in [0.2, 0.25) is 5.02 Å². The number of rotatable bonds is 5. The number of hydrogen-bond donors (Lipinski definition) is 2. The van der Waals surface area contributed by atoms with Crippen molar-refractivity contribution >= 4 is 29.3 Å². The first-order valence-electron chi connectivity index (χ1n) is 8.04. The zero-order valence-corrected chi connectivity index (χ0v) is 16.1. The van der Waals surface area contributed by atoms with Crippen molar-refractivity contribution < 1.29 is 4.79 Å². The van der Waals surface area contributed by atoms with Gasteiger partial charge in [-0.25, -0.2) is 4.98 Å². The number of benzene rings is 1. The summed E-state index contributed by atoms with van der Waals surface area (Å²) in [5.41, 5.74) is 2.16. The average Bonchev–Trinajstić information content (AvgIpc) is 2.97. The van der Waals surface area contributed by atoms with Crippen molar-refractivity contribution in [1.82, 2.24) is 25.5 Å². The van der Waals surface area contributed by atoms with Gasteiger partial charge in [-0.15, -0.1) is 10.2 Å². The Hall–Kier alpha value is -2.38.